The van der Waals surface area contributed by atoms with Crippen LogP contribution in [0.25, 0.3) is 0 Å². The second kappa shape index (κ2) is 12.4. The number of hydrogen-bond donors (Lipinski definition) is 2. The van der Waals surface area contributed by atoms with Crippen molar-refractivity contribution >= 4 is 52.8 Å². The number of nitrogens with zero attached hydrogens (tertiary/aromatic N) is 1. The predicted octanol–water partition coefficient (Wildman–Crippen LogP) is 1.18. The number of carboxylic acid groups (broad SMARTS) is 1. The fourth-order valence-corrected chi connectivity index (χ4v) is 6.43. The van der Waals surface area contributed by atoms with Crippen molar-refractivity contribution in [3.05, 3.63) is 33.7 Å². The molecule has 196 valence electrons. The van der Waals surface area contributed by atoms with Crippen LogP contribution in [0.3, 0.4) is 0 Å². The zero-order valence-corrected chi connectivity index (χ0v) is 21.7. The van der Waals surface area contributed by atoms with E-state index >= 15 is 0 Å². The van der Waals surface area contributed by atoms with Crippen LogP contribution in [0, 0.1) is 5.92 Å². The van der Waals surface area contributed by atoms with E-state index in [4.69, 9.17) is 14.2 Å². The van der Waals surface area contributed by atoms with E-state index in [2.05, 4.69) is 5.32 Å². The summed E-state index contributed by atoms with van der Waals surface area (Å²) in [6.45, 7) is 3.18. The van der Waals surface area contributed by atoms with Gasteiger partial charge >= 0.3 is 17.9 Å². The van der Waals surface area contributed by atoms with Crippen LogP contribution in [0.15, 0.2) is 28.8 Å². The highest BCUT2D eigenvalue weighted by Crippen LogP contribution is 2.46. The number of carbonyl (C=O) groups is 5. The zero-order chi connectivity index (χ0) is 26.4. The lowest BCUT2D eigenvalue weighted by molar-refractivity contribution is -0.162. The second-order valence-electron chi connectivity index (χ2n) is 7.93. The number of carbonyl (C=O) groups excluding carboxylic acids is 4. The molecule has 11 nitrogen and oxygen atoms in total. The van der Waals surface area contributed by atoms with Crippen LogP contribution >= 0.6 is 23.1 Å². The zero-order valence-electron chi connectivity index (χ0n) is 20.1. The maximum absolute atomic E-state index is 12.9. The molecule has 1 fully saturated rings. The smallest absolute Gasteiger partial charge is 0.352 e. The largest absolute Gasteiger partial charge is 0.477 e. The summed E-state index contributed by atoms with van der Waals surface area (Å²) >= 11 is 2.60. The molecule has 3 heterocycles. The van der Waals surface area contributed by atoms with E-state index in [9.17, 15) is 29.1 Å². The summed E-state index contributed by atoms with van der Waals surface area (Å²) in [5.41, 5.74) is -0.0209. The Morgan fingerprint density at radius 2 is 1.83 bits per heavy atom. The van der Waals surface area contributed by atoms with Crippen molar-refractivity contribution in [2.24, 2.45) is 5.92 Å². The average Bonchev–Trinajstić information content (AvgIpc) is 3.34. The lowest BCUT2D eigenvalue weighted by Gasteiger charge is -2.51. The van der Waals surface area contributed by atoms with Gasteiger partial charge in [-0.3, -0.25) is 24.1 Å². The summed E-state index contributed by atoms with van der Waals surface area (Å²) in [7, 11) is 1.37. The molecule has 0 aromatic carbocycles. The van der Waals surface area contributed by atoms with Crippen molar-refractivity contribution in [1.82, 2.24) is 10.2 Å². The summed E-state index contributed by atoms with van der Waals surface area (Å²) in [6.07, 6.45) is -0.0290. The first-order valence-electron chi connectivity index (χ1n) is 11.3. The summed E-state index contributed by atoms with van der Waals surface area (Å²) in [5, 5.41) is 13.1. The highest BCUT2D eigenvalue weighted by Gasteiger charge is 2.56. The van der Waals surface area contributed by atoms with Gasteiger partial charge in [0.25, 0.3) is 5.91 Å². The summed E-state index contributed by atoms with van der Waals surface area (Å²) < 4.78 is 15.3. The highest BCUT2D eigenvalue weighted by molar-refractivity contribution is 8.00. The van der Waals surface area contributed by atoms with Crippen molar-refractivity contribution in [2.75, 3.05) is 26.9 Å². The van der Waals surface area contributed by atoms with Gasteiger partial charge in [0.05, 0.1) is 26.2 Å². The second-order valence-corrected chi connectivity index (χ2v) is 10.3. The Balaban J connectivity index is 1.89. The van der Waals surface area contributed by atoms with E-state index in [1.165, 1.54) is 30.2 Å². The van der Waals surface area contributed by atoms with Gasteiger partial charge in [-0.15, -0.1) is 23.1 Å². The molecule has 1 saturated heterocycles. The monoisotopic (exact) mass is 540 g/mol. The normalized spacial score (nSPS) is 21.1. The standard InChI is InChI=1S/C23H28N2O9S2/c1-4-33-22(30)13(23(31)34-5-2)10-15-14(11-32-3)18(21(28)29)25-19(27)17(20(25)36-15)24-16(26)9-12-7-6-8-35-12/h6-8,13,15,17,20H,4-5,9-11H2,1-3H3,(H,24,26)(H,28,29)/t15?,17?,20-/m0/s1. The number of fused-ring (bicyclic) bond motifs is 1. The number of ether oxygens (including phenoxy) is 3. The number of amides is 2. The van der Waals surface area contributed by atoms with E-state index in [1.807, 2.05) is 11.4 Å². The quantitative estimate of drug-likeness (QED) is 0.225. The summed E-state index contributed by atoms with van der Waals surface area (Å²) in [4.78, 5) is 64.8. The molecule has 0 radical (unpaired) electrons. The van der Waals surface area contributed by atoms with Gasteiger partial charge in [0.2, 0.25) is 5.91 Å². The van der Waals surface area contributed by atoms with Crippen LogP contribution in [-0.2, 0) is 44.6 Å². The summed E-state index contributed by atoms with van der Waals surface area (Å²) in [5.74, 6) is -5.12. The Morgan fingerprint density at radius 1 is 1.17 bits per heavy atom. The van der Waals surface area contributed by atoms with Crippen LogP contribution in [0.2, 0.25) is 0 Å². The topological polar surface area (TPSA) is 149 Å². The number of nitrogens with one attached hydrogen (secondary N) is 1. The van der Waals surface area contributed by atoms with Gasteiger partial charge in [-0.05, 0) is 37.3 Å². The fourth-order valence-electron chi connectivity index (χ4n) is 4.07. The first kappa shape index (κ1) is 27.7. The van der Waals surface area contributed by atoms with Gasteiger partial charge in [0.1, 0.15) is 17.1 Å². The molecule has 0 bridgehead atoms. The maximum atomic E-state index is 12.9. The minimum Gasteiger partial charge on any atom is -0.477 e. The lowest BCUT2D eigenvalue weighted by Crippen LogP contribution is -2.71. The lowest BCUT2D eigenvalue weighted by atomic mass is 9.95. The fraction of sp³-hybridized carbons (Fsp3) is 0.522. The van der Waals surface area contributed by atoms with Crippen molar-refractivity contribution in [1.29, 1.82) is 0 Å². The Morgan fingerprint density at radius 3 is 2.36 bits per heavy atom. The molecule has 2 aliphatic rings. The number of hydrogen-bond acceptors (Lipinski definition) is 10. The molecule has 2 aliphatic heterocycles. The van der Waals surface area contributed by atoms with Crippen LogP contribution in [0.4, 0.5) is 0 Å². The van der Waals surface area contributed by atoms with E-state index in [0.29, 0.717) is 0 Å². The molecule has 0 aliphatic carbocycles. The number of esters is 2. The molecule has 3 rings (SSSR count). The Bertz CT molecular complexity index is 1020. The molecule has 2 N–H and O–H groups in total. The average molecular weight is 541 g/mol. The highest BCUT2D eigenvalue weighted by atomic mass is 32.2. The molecule has 1 aromatic rings. The molecule has 0 spiro atoms. The Labute approximate surface area is 216 Å². The number of thioether (sulfide) groups is 1. The van der Waals surface area contributed by atoms with Crippen molar-refractivity contribution in [3.63, 3.8) is 0 Å². The number of methoxy groups -OCH3 is 1. The minimum absolute atomic E-state index is 0.0525. The van der Waals surface area contributed by atoms with Gasteiger partial charge in [-0.25, -0.2) is 4.79 Å². The van der Waals surface area contributed by atoms with Gasteiger partial charge < -0.3 is 24.6 Å². The molecule has 36 heavy (non-hydrogen) atoms. The van der Waals surface area contributed by atoms with E-state index in [-0.39, 0.29) is 49.8 Å². The number of thiophene rings is 1. The van der Waals surface area contributed by atoms with Gasteiger partial charge in [-0.2, -0.15) is 0 Å². The minimum atomic E-state index is -1.35. The molecule has 3 atom stereocenters. The van der Waals surface area contributed by atoms with E-state index < -0.39 is 46.4 Å². The van der Waals surface area contributed by atoms with Crippen LogP contribution in [0.1, 0.15) is 25.1 Å². The van der Waals surface area contributed by atoms with E-state index in [1.54, 1.807) is 19.9 Å². The molecular weight excluding hydrogens is 512 g/mol. The van der Waals surface area contributed by atoms with Gasteiger partial charge in [0.15, 0.2) is 5.92 Å². The van der Waals surface area contributed by atoms with Crippen molar-refractivity contribution < 1.29 is 43.3 Å². The molecule has 2 unspecified atom stereocenters. The van der Waals surface area contributed by atoms with Crippen LogP contribution in [-0.4, -0.2) is 83.3 Å². The SMILES string of the molecule is CCOC(=O)C(CC1S[C@H]2C(NC(=O)Cc3cccs3)C(=O)N2C(C(=O)O)=C1COC)C(=O)OCC. The number of aliphatic carboxylic acids is 1. The summed E-state index contributed by atoms with van der Waals surface area (Å²) in [6, 6.07) is 2.67. The van der Waals surface area contributed by atoms with Crippen molar-refractivity contribution in [3.8, 4) is 0 Å². The first-order valence-corrected chi connectivity index (χ1v) is 13.1. The van der Waals surface area contributed by atoms with Crippen molar-refractivity contribution in [2.45, 2.75) is 43.4 Å². The third kappa shape index (κ3) is 5.90. The van der Waals surface area contributed by atoms with Gasteiger partial charge in [-0.1, -0.05) is 6.07 Å². The number of β-lactam (4-membered cyclic amide) rings is 1. The first-order chi connectivity index (χ1) is 17.2. The molecular formula is C23H28N2O9S2. The number of rotatable bonds is 12. The molecule has 0 saturated carbocycles. The Hall–Kier alpha value is -2.90. The van der Waals surface area contributed by atoms with Gasteiger partial charge in [0, 0.05) is 17.2 Å². The third-order valence-corrected chi connectivity index (χ3v) is 8.05. The van der Waals surface area contributed by atoms with Crippen LogP contribution in [0.5, 0.6) is 0 Å². The third-order valence-electron chi connectivity index (χ3n) is 5.61. The molecule has 1 aromatic heterocycles. The Kier molecular flexibility index (Phi) is 9.51. The maximum Gasteiger partial charge on any atom is 0.352 e. The van der Waals surface area contributed by atoms with Crippen LogP contribution < -0.4 is 5.32 Å². The van der Waals surface area contributed by atoms with E-state index in [0.717, 1.165) is 9.78 Å². The number of carboxylic acids is 1. The predicted molar refractivity (Wildman–Crippen MR) is 130 cm³/mol. The molecule has 2 amide bonds. The molecule has 13 heteroatoms.